The summed E-state index contributed by atoms with van der Waals surface area (Å²) in [5.74, 6) is -0.120. The number of aromatic nitrogens is 2. The number of amides is 2. The second-order valence-electron chi connectivity index (χ2n) is 6.95. The van der Waals surface area contributed by atoms with Crippen LogP contribution in [0.25, 0.3) is 5.69 Å². The number of nitrogens with zero attached hydrogens (tertiary/aromatic N) is 3. The molecule has 3 aromatic rings. The maximum atomic E-state index is 13.5. The number of hydrogen-bond donors (Lipinski definition) is 2. The van der Waals surface area contributed by atoms with Crippen LogP contribution < -0.4 is 15.5 Å². The minimum atomic E-state index is -1.39. The van der Waals surface area contributed by atoms with Crippen molar-refractivity contribution in [3.63, 3.8) is 0 Å². The molecule has 2 N–H and O–H groups in total. The molecular weight excluding hydrogens is 370 g/mol. The lowest BCUT2D eigenvalue weighted by Crippen LogP contribution is -2.60. The number of benzene rings is 2. The number of carbonyl (C=O) groups is 2. The van der Waals surface area contributed by atoms with E-state index in [1.54, 1.807) is 16.7 Å². The number of nitrogens with one attached hydrogen (secondary N) is 2. The fourth-order valence-corrected chi connectivity index (χ4v) is 3.95. The molecule has 0 radical (unpaired) electrons. The van der Waals surface area contributed by atoms with E-state index in [1.807, 2.05) is 54.6 Å². The highest BCUT2D eigenvalue weighted by molar-refractivity contribution is 6.15. The van der Waals surface area contributed by atoms with Crippen LogP contribution in [0.15, 0.2) is 60.8 Å². The molecule has 29 heavy (non-hydrogen) atoms. The Bertz CT molecular complexity index is 1110. The minimum absolute atomic E-state index is 0.254. The predicted octanol–water partition coefficient (Wildman–Crippen LogP) is 1.87. The van der Waals surface area contributed by atoms with E-state index in [4.69, 9.17) is 4.74 Å². The van der Waals surface area contributed by atoms with E-state index < -0.39 is 5.66 Å². The summed E-state index contributed by atoms with van der Waals surface area (Å²) >= 11 is 0. The van der Waals surface area contributed by atoms with E-state index in [1.165, 1.54) is 6.20 Å². The summed E-state index contributed by atoms with van der Waals surface area (Å²) in [7, 11) is 1.59. The van der Waals surface area contributed by atoms with Crippen LogP contribution in [0.5, 0.6) is 0 Å². The molecule has 2 aromatic carbocycles. The Morgan fingerprint density at radius 1 is 1.03 bits per heavy atom. The van der Waals surface area contributed by atoms with Crippen molar-refractivity contribution >= 4 is 23.3 Å². The lowest BCUT2D eigenvalue weighted by Gasteiger charge is -2.35. The standard InChI is InChI=1S/C21H19N5O3/c1-29-12-11-25-17-10-6-5-9-16(17)21(20(25)28)23-18-15(19(27)24-21)13-22-26(18)14-7-3-2-4-8-14/h2-10,13,23H,11-12H2,1H3,(H,24,27)/t21-/m0/s1. The number of anilines is 2. The Labute approximate surface area is 167 Å². The Kier molecular flexibility index (Phi) is 3.88. The summed E-state index contributed by atoms with van der Waals surface area (Å²) in [6.45, 7) is 0.772. The summed E-state index contributed by atoms with van der Waals surface area (Å²) in [6, 6.07) is 16.9. The third kappa shape index (κ3) is 2.46. The fourth-order valence-electron chi connectivity index (χ4n) is 3.95. The van der Waals surface area contributed by atoms with Crippen LogP contribution in [-0.2, 0) is 15.2 Å². The van der Waals surface area contributed by atoms with E-state index in [0.29, 0.717) is 30.1 Å². The highest BCUT2D eigenvalue weighted by atomic mass is 16.5. The highest BCUT2D eigenvalue weighted by Gasteiger charge is 2.55. The van der Waals surface area contributed by atoms with Crippen molar-refractivity contribution in [3.05, 3.63) is 71.9 Å². The fraction of sp³-hybridized carbons (Fsp3) is 0.190. The molecular formula is C21H19N5O3. The first-order valence-corrected chi connectivity index (χ1v) is 9.30. The number of ether oxygens (including phenoxy) is 1. The molecule has 1 spiro atoms. The van der Waals surface area contributed by atoms with Crippen LogP contribution in [0.1, 0.15) is 15.9 Å². The second kappa shape index (κ2) is 6.46. The summed E-state index contributed by atoms with van der Waals surface area (Å²) in [5.41, 5.74) is 1.24. The van der Waals surface area contributed by atoms with Crippen molar-refractivity contribution in [2.45, 2.75) is 5.66 Å². The maximum Gasteiger partial charge on any atom is 0.278 e. The van der Waals surface area contributed by atoms with Crippen molar-refractivity contribution < 1.29 is 14.3 Å². The Balaban J connectivity index is 1.64. The largest absolute Gasteiger partial charge is 0.383 e. The molecule has 8 heteroatoms. The van der Waals surface area contributed by atoms with Gasteiger partial charge in [0.05, 0.1) is 24.2 Å². The number of para-hydroxylation sites is 2. The molecule has 5 rings (SSSR count). The van der Waals surface area contributed by atoms with E-state index in [2.05, 4.69) is 15.7 Å². The van der Waals surface area contributed by atoms with Gasteiger partial charge in [0.2, 0.25) is 5.66 Å². The molecule has 0 saturated carbocycles. The minimum Gasteiger partial charge on any atom is -0.383 e. The molecule has 8 nitrogen and oxygen atoms in total. The molecule has 0 bridgehead atoms. The molecule has 1 aromatic heterocycles. The average molecular weight is 389 g/mol. The van der Waals surface area contributed by atoms with Gasteiger partial charge in [0.15, 0.2) is 0 Å². The van der Waals surface area contributed by atoms with Crippen molar-refractivity contribution in [2.75, 3.05) is 30.5 Å². The highest BCUT2D eigenvalue weighted by Crippen LogP contribution is 2.43. The molecule has 2 aliphatic rings. The van der Waals surface area contributed by atoms with E-state index >= 15 is 0 Å². The van der Waals surface area contributed by atoms with Crippen molar-refractivity contribution in [1.82, 2.24) is 15.1 Å². The second-order valence-corrected chi connectivity index (χ2v) is 6.95. The number of fused-ring (bicyclic) bond motifs is 3. The summed E-state index contributed by atoms with van der Waals surface area (Å²) in [6.07, 6.45) is 1.51. The summed E-state index contributed by atoms with van der Waals surface area (Å²) in [5, 5.41) is 10.6. The molecule has 0 saturated heterocycles. The lowest BCUT2D eigenvalue weighted by atomic mass is 9.97. The van der Waals surface area contributed by atoms with E-state index in [0.717, 1.165) is 11.4 Å². The molecule has 2 aliphatic heterocycles. The maximum absolute atomic E-state index is 13.5. The molecule has 0 fully saturated rings. The topological polar surface area (TPSA) is 88.5 Å². The van der Waals surface area contributed by atoms with Gasteiger partial charge in [-0.25, -0.2) is 4.68 Å². The van der Waals surface area contributed by atoms with Crippen LogP contribution >= 0.6 is 0 Å². The normalized spacial score (nSPS) is 19.7. The van der Waals surface area contributed by atoms with Gasteiger partial charge in [0, 0.05) is 19.2 Å². The van der Waals surface area contributed by atoms with E-state index in [-0.39, 0.29) is 11.8 Å². The summed E-state index contributed by atoms with van der Waals surface area (Å²) < 4.78 is 6.81. The molecule has 2 amide bonds. The number of hydrogen-bond acceptors (Lipinski definition) is 5. The van der Waals surface area contributed by atoms with Gasteiger partial charge in [-0.05, 0) is 18.2 Å². The Hall–Kier alpha value is -3.65. The van der Waals surface area contributed by atoms with Gasteiger partial charge in [0.25, 0.3) is 11.8 Å². The number of carbonyl (C=O) groups excluding carboxylic acids is 2. The first-order chi connectivity index (χ1) is 14.2. The van der Waals surface area contributed by atoms with Crippen molar-refractivity contribution in [1.29, 1.82) is 0 Å². The van der Waals surface area contributed by atoms with Crippen molar-refractivity contribution in [3.8, 4) is 5.69 Å². The van der Waals surface area contributed by atoms with Gasteiger partial charge < -0.3 is 20.3 Å². The molecule has 0 aliphatic carbocycles. The van der Waals surface area contributed by atoms with Gasteiger partial charge in [-0.3, -0.25) is 9.59 Å². The molecule has 146 valence electrons. The van der Waals surface area contributed by atoms with E-state index in [9.17, 15) is 9.59 Å². The summed E-state index contributed by atoms with van der Waals surface area (Å²) in [4.78, 5) is 28.1. The Morgan fingerprint density at radius 3 is 2.59 bits per heavy atom. The van der Waals surface area contributed by atoms with Crippen LogP contribution in [0.2, 0.25) is 0 Å². The van der Waals surface area contributed by atoms with Crippen LogP contribution in [0, 0.1) is 0 Å². The van der Waals surface area contributed by atoms with Crippen molar-refractivity contribution in [2.24, 2.45) is 0 Å². The third-order valence-corrected chi connectivity index (χ3v) is 5.31. The van der Waals surface area contributed by atoms with Gasteiger partial charge in [-0.15, -0.1) is 0 Å². The predicted molar refractivity (Wildman–Crippen MR) is 107 cm³/mol. The number of methoxy groups -OCH3 is 1. The van der Waals surface area contributed by atoms with Crippen LogP contribution in [-0.4, -0.2) is 41.9 Å². The van der Waals surface area contributed by atoms with Gasteiger partial charge >= 0.3 is 0 Å². The first-order valence-electron chi connectivity index (χ1n) is 9.30. The molecule has 1 atom stereocenters. The van der Waals surface area contributed by atoms with Gasteiger partial charge in [0.1, 0.15) is 11.4 Å². The smallest absolute Gasteiger partial charge is 0.278 e. The van der Waals surface area contributed by atoms with Gasteiger partial charge in [-0.2, -0.15) is 5.10 Å². The lowest BCUT2D eigenvalue weighted by molar-refractivity contribution is -0.123. The monoisotopic (exact) mass is 389 g/mol. The SMILES string of the molecule is COCCN1C(=O)[C@@]2(NC(=O)c3cnn(-c4ccccc4)c3N2)c2ccccc21. The zero-order valence-electron chi connectivity index (χ0n) is 15.8. The average Bonchev–Trinajstić information content (AvgIpc) is 3.27. The van der Waals surface area contributed by atoms with Crippen LogP contribution in [0.3, 0.4) is 0 Å². The zero-order chi connectivity index (χ0) is 20.0. The molecule has 3 heterocycles. The molecule has 0 unspecified atom stereocenters. The quantitative estimate of drug-likeness (QED) is 0.711. The first kappa shape index (κ1) is 17.4. The Morgan fingerprint density at radius 2 is 1.79 bits per heavy atom. The van der Waals surface area contributed by atoms with Gasteiger partial charge in [-0.1, -0.05) is 36.4 Å². The zero-order valence-corrected chi connectivity index (χ0v) is 15.8. The van der Waals surface area contributed by atoms with Crippen LogP contribution in [0.4, 0.5) is 11.5 Å². The third-order valence-electron chi connectivity index (χ3n) is 5.31. The number of rotatable bonds is 4.